The van der Waals surface area contributed by atoms with E-state index < -0.39 is 30.0 Å². The summed E-state index contributed by atoms with van der Waals surface area (Å²) in [7, 11) is 0. The van der Waals surface area contributed by atoms with E-state index in [1.54, 1.807) is 11.8 Å². The van der Waals surface area contributed by atoms with E-state index in [-0.39, 0.29) is 6.54 Å². The molecule has 1 unspecified atom stereocenters. The molecule has 7 heteroatoms. The fraction of sp³-hybridized carbons (Fsp3) is 0.300. The second-order valence-electron chi connectivity index (χ2n) is 6.72. The molecule has 0 saturated heterocycles. The molecule has 1 atom stereocenters. The zero-order valence-electron chi connectivity index (χ0n) is 15.1. The van der Waals surface area contributed by atoms with E-state index in [1.165, 1.54) is 13.8 Å². The van der Waals surface area contributed by atoms with E-state index in [4.69, 9.17) is 5.11 Å². The molecule has 2 aromatic carbocycles. The summed E-state index contributed by atoms with van der Waals surface area (Å²) in [5.41, 5.74) is -0.710. The normalized spacial score (nSPS) is 14.9. The number of nitrogens with zero attached hydrogens (tertiary/aromatic N) is 1. The van der Waals surface area contributed by atoms with Gasteiger partial charge in [0.1, 0.15) is 6.54 Å². The number of carbonyl (C=O) groups excluding carboxylic acids is 1. The van der Waals surface area contributed by atoms with E-state index in [9.17, 15) is 14.0 Å². The van der Waals surface area contributed by atoms with Crippen LogP contribution in [0.3, 0.4) is 0 Å². The van der Waals surface area contributed by atoms with Gasteiger partial charge < -0.3 is 15.3 Å². The summed E-state index contributed by atoms with van der Waals surface area (Å²) >= 11 is 1.63. The number of carboxylic acids is 1. The van der Waals surface area contributed by atoms with Crippen molar-refractivity contribution in [1.29, 1.82) is 0 Å². The SMILES string of the molecule is CC(C)C(F)(CNC(=O)CN1c2ccccc2Sc2ccccc21)C(=O)O. The molecule has 1 amide bonds. The largest absolute Gasteiger partial charge is 0.479 e. The summed E-state index contributed by atoms with van der Waals surface area (Å²) in [5, 5.41) is 11.6. The fourth-order valence-corrected chi connectivity index (χ4v) is 4.00. The van der Waals surface area contributed by atoms with Gasteiger partial charge in [0.05, 0.1) is 17.9 Å². The second-order valence-corrected chi connectivity index (χ2v) is 7.81. The molecule has 5 nitrogen and oxygen atoms in total. The molecule has 2 N–H and O–H groups in total. The van der Waals surface area contributed by atoms with Gasteiger partial charge in [-0.3, -0.25) is 4.79 Å². The van der Waals surface area contributed by atoms with Gasteiger partial charge in [0.2, 0.25) is 11.6 Å². The molecule has 1 aliphatic heterocycles. The molecule has 0 radical (unpaired) electrons. The van der Waals surface area contributed by atoms with Crippen LogP contribution < -0.4 is 10.2 Å². The molecule has 1 heterocycles. The average molecular weight is 388 g/mol. The average Bonchev–Trinajstić information content (AvgIpc) is 2.65. The van der Waals surface area contributed by atoms with E-state index in [0.717, 1.165) is 21.2 Å². The molecular formula is C20H21FN2O3S. The Morgan fingerprint density at radius 1 is 1.11 bits per heavy atom. The summed E-state index contributed by atoms with van der Waals surface area (Å²) < 4.78 is 14.6. The molecule has 2 aromatic rings. The van der Waals surface area contributed by atoms with E-state index in [1.807, 2.05) is 53.4 Å². The number of rotatable bonds is 6. The maximum atomic E-state index is 14.6. The van der Waals surface area contributed by atoms with E-state index in [0.29, 0.717) is 0 Å². The monoisotopic (exact) mass is 388 g/mol. The van der Waals surface area contributed by atoms with Crippen LogP contribution >= 0.6 is 11.8 Å². The molecule has 0 bridgehead atoms. The first-order valence-corrected chi connectivity index (χ1v) is 9.47. The van der Waals surface area contributed by atoms with Crippen molar-refractivity contribution in [3.8, 4) is 0 Å². The summed E-state index contributed by atoms with van der Waals surface area (Å²) in [6.45, 7) is 2.37. The van der Waals surface area contributed by atoms with Gasteiger partial charge in [0, 0.05) is 15.7 Å². The molecule has 1 aliphatic rings. The van der Waals surface area contributed by atoms with Crippen molar-refractivity contribution in [2.75, 3.05) is 18.0 Å². The first-order valence-electron chi connectivity index (χ1n) is 8.65. The maximum absolute atomic E-state index is 14.6. The first kappa shape index (κ1) is 19.2. The number of amides is 1. The highest BCUT2D eigenvalue weighted by Gasteiger charge is 2.42. The van der Waals surface area contributed by atoms with Crippen molar-refractivity contribution in [1.82, 2.24) is 5.32 Å². The van der Waals surface area contributed by atoms with Crippen LogP contribution in [0.2, 0.25) is 0 Å². The Morgan fingerprint density at radius 2 is 1.63 bits per heavy atom. The first-order chi connectivity index (χ1) is 12.8. The molecule has 0 spiro atoms. The van der Waals surface area contributed by atoms with Crippen molar-refractivity contribution in [2.45, 2.75) is 29.3 Å². The lowest BCUT2D eigenvalue weighted by Gasteiger charge is -2.32. The van der Waals surface area contributed by atoms with E-state index in [2.05, 4.69) is 5.32 Å². The number of alkyl halides is 1. The van der Waals surface area contributed by atoms with Gasteiger partial charge in [-0.15, -0.1) is 0 Å². The Bertz CT molecular complexity index is 828. The van der Waals surface area contributed by atoms with Crippen molar-refractivity contribution in [3.05, 3.63) is 48.5 Å². The number of fused-ring (bicyclic) bond motifs is 2. The lowest BCUT2D eigenvalue weighted by atomic mass is 9.92. The van der Waals surface area contributed by atoms with Crippen LogP contribution in [-0.2, 0) is 9.59 Å². The number of hydrogen-bond acceptors (Lipinski definition) is 4. The smallest absolute Gasteiger partial charge is 0.343 e. The third kappa shape index (κ3) is 3.78. The standard InChI is InChI=1S/C20H21FN2O3S/c1-13(2)20(21,19(25)26)12-22-18(24)11-23-14-7-3-5-9-16(14)27-17-10-6-4-8-15(17)23/h3-10,13H,11-12H2,1-2H3,(H,22,24)(H,25,26). The van der Waals surface area contributed by atoms with Crippen molar-refractivity contribution in [2.24, 2.45) is 5.92 Å². The van der Waals surface area contributed by atoms with Crippen LogP contribution in [0.25, 0.3) is 0 Å². The van der Waals surface area contributed by atoms with Crippen LogP contribution in [0.15, 0.2) is 58.3 Å². The Balaban J connectivity index is 1.79. The van der Waals surface area contributed by atoms with Crippen LogP contribution in [0, 0.1) is 5.92 Å². The number of nitrogens with one attached hydrogen (secondary N) is 1. The lowest BCUT2D eigenvalue weighted by molar-refractivity contribution is -0.154. The number of anilines is 2. The second kappa shape index (κ2) is 7.60. The highest BCUT2D eigenvalue weighted by molar-refractivity contribution is 7.99. The Morgan fingerprint density at radius 3 is 2.11 bits per heavy atom. The molecule has 27 heavy (non-hydrogen) atoms. The topological polar surface area (TPSA) is 69.6 Å². The zero-order chi connectivity index (χ0) is 19.6. The number of hydrogen-bond donors (Lipinski definition) is 2. The van der Waals surface area contributed by atoms with Crippen molar-refractivity contribution in [3.63, 3.8) is 0 Å². The molecule has 0 aliphatic carbocycles. The minimum Gasteiger partial charge on any atom is -0.479 e. The minimum atomic E-state index is -2.50. The summed E-state index contributed by atoms with van der Waals surface area (Å²) in [5.74, 6) is -2.76. The predicted octanol–water partition coefficient (Wildman–Crippen LogP) is 3.85. The third-order valence-corrected chi connectivity index (χ3v) is 5.78. The summed E-state index contributed by atoms with van der Waals surface area (Å²) in [4.78, 5) is 27.7. The van der Waals surface area contributed by atoms with Gasteiger partial charge in [-0.05, 0) is 24.3 Å². The van der Waals surface area contributed by atoms with Gasteiger partial charge in [-0.25, -0.2) is 9.18 Å². The molecule has 3 rings (SSSR count). The van der Waals surface area contributed by atoms with Crippen LogP contribution in [0.1, 0.15) is 13.8 Å². The molecule has 0 saturated carbocycles. The highest BCUT2D eigenvalue weighted by Crippen LogP contribution is 2.47. The number of benzene rings is 2. The Labute approximate surface area is 161 Å². The van der Waals surface area contributed by atoms with Gasteiger partial charge in [0.15, 0.2) is 0 Å². The van der Waals surface area contributed by atoms with Crippen LogP contribution in [0.4, 0.5) is 15.8 Å². The molecule has 0 aromatic heterocycles. The van der Waals surface area contributed by atoms with E-state index >= 15 is 0 Å². The number of para-hydroxylation sites is 2. The van der Waals surface area contributed by atoms with Gasteiger partial charge in [0.25, 0.3) is 0 Å². The number of carboxylic acid groups (broad SMARTS) is 1. The molecular weight excluding hydrogens is 367 g/mol. The number of carbonyl (C=O) groups is 2. The zero-order valence-corrected chi connectivity index (χ0v) is 15.9. The minimum absolute atomic E-state index is 0.0254. The summed E-state index contributed by atoms with van der Waals surface area (Å²) in [6, 6.07) is 15.5. The number of aliphatic carboxylic acids is 1. The Kier molecular flexibility index (Phi) is 5.41. The van der Waals surface area contributed by atoms with Gasteiger partial charge >= 0.3 is 5.97 Å². The predicted molar refractivity (Wildman–Crippen MR) is 103 cm³/mol. The van der Waals surface area contributed by atoms with Gasteiger partial charge in [-0.2, -0.15) is 0 Å². The third-order valence-electron chi connectivity index (χ3n) is 4.65. The van der Waals surface area contributed by atoms with Crippen LogP contribution in [-0.4, -0.2) is 35.7 Å². The van der Waals surface area contributed by atoms with Gasteiger partial charge in [-0.1, -0.05) is 49.9 Å². The van der Waals surface area contributed by atoms with Crippen LogP contribution in [0.5, 0.6) is 0 Å². The van der Waals surface area contributed by atoms with Crippen molar-refractivity contribution >= 4 is 35.0 Å². The summed E-state index contributed by atoms with van der Waals surface area (Å²) in [6.07, 6.45) is 0. The van der Waals surface area contributed by atoms with Crippen molar-refractivity contribution < 1.29 is 19.1 Å². The Hall–Kier alpha value is -2.54. The maximum Gasteiger partial charge on any atom is 0.343 e. The number of halogens is 1. The fourth-order valence-electron chi connectivity index (χ4n) is 2.90. The molecule has 0 fully saturated rings. The lowest BCUT2D eigenvalue weighted by Crippen LogP contribution is -2.50. The highest BCUT2D eigenvalue weighted by atomic mass is 32.2. The molecule has 142 valence electrons. The quantitative estimate of drug-likeness (QED) is 0.787.